The third kappa shape index (κ3) is 5.15. The first-order valence-electron chi connectivity index (χ1n) is 12.8. The molecule has 0 spiro atoms. The number of fused-ring (bicyclic) bond motifs is 1. The standard InChI is InChI=1S/C28H31N7O4/c1-18-16-19(6-7-20(18)34-15-5-13-31-34)32-24-23-21(9-14-30-25(23)36)35(33-24)28(11-12-29)10-8-22(38-17-28)26(37)39-27(2,3)4/h5-7,9,13-16,22H,8,10-11,17H2,1-4H3,(H,30,36)(H,32,33)/t22?,28-/m0/s1. The SMILES string of the molecule is Cc1cc(Nc2nn([C@]3(CC#N)CCC(C(=O)OC(C)(C)C)OC3)c3cc[nH]c(=O)c23)ccc1-n1cccn1. The normalized spacial score (nSPS) is 19.5. The number of hydrogen-bond donors (Lipinski definition) is 2. The lowest BCUT2D eigenvalue weighted by atomic mass is 9.87. The summed E-state index contributed by atoms with van der Waals surface area (Å²) in [5, 5.41) is 22.5. The molecule has 5 rings (SSSR count). The highest BCUT2D eigenvalue weighted by Crippen LogP contribution is 2.37. The van der Waals surface area contributed by atoms with Gasteiger partial charge in [0.25, 0.3) is 5.56 Å². The minimum absolute atomic E-state index is 0.0746. The number of hydrogen-bond acceptors (Lipinski definition) is 8. The number of nitriles is 1. The molecule has 1 aliphatic rings. The Hall–Kier alpha value is -4.43. The molecule has 1 saturated heterocycles. The molecule has 3 aromatic heterocycles. The number of nitrogens with one attached hydrogen (secondary N) is 2. The summed E-state index contributed by atoms with van der Waals surface area (Å²) in [6.07, 6.45) is 5.33. The molecule has 1 unspecified atom stereocenters. The molecule has 0 amide bonds. The maximum absolute atomic E-state index is 13.0. The highest BCUT2D eigenvalue weighted by Gasteiger charge is 2.43. The molecule has 2 N–H and O–H groups in total. The fourth-order valence-electron chi connectivity index (χ4n) is 4.96. The Morgan fingerprint density at radius 3 is 2.82 bits per heavy atom. The highest BCUT2D eigenvalue weighted by atomic mass is 16.6. The van der Waals surface area contributed by atoms with Gasteiger partial charge in [0.15, 0.2) is 11.9 Å². The van der Waals surface area contributed by atoms with Crippen LogP contribution in [0.4, 0.5) is 11.5 Å². The van der Waals surface area contributed by atoms with E-state index < -0.39 is 23.2 Å². The molecule has 0 saturated carbocycles. The average molecular weight is 530 g/mol. The van der Waals surface area contributed by atoms with Gasteiger partial charge in [-0.05, 0) is 76.4 Å². The van der Waals surface area contributed by atoms with Crippen LogP contribution in [0.15, 0.2) is 53.7 Å². The Balaban J connectivity index is 1.49. The van der Waals surface area contributed by atoms with E-state index in [0.29, 0.717) is 29.6 Å². The van der Waals surface area contributed by atoms with Crippen LogP contribution >= 0.6 is 0 Å². The number of H-pyrrole nitrogens is 1. The highest BCUT2D eigenvalue weighted by molar-refractivity contribution is 5.91. The third-order valence-electron chi connectivity index (χ3n) is 6.77. The lowest BCUT2D eigenvalue weighted by molar-refractivity contribution is -0.176. The Kier molecular flexibility index (Phi) is 6.74. The number of aromatic nitrogens is 5. The summed E-state index contributed by atoms with van der Waals surface area (Å²) in [5.41, 5.74) is 1.44. The number of carbonyl (C=O) groups excluding carboxylic acids is 1. The number of esters is 1. The number of aromatic amines is 1. The predicted octanol–water partition coefficient (Wildman–Crippen LogP) is 4.09. The Bertz CT molecular complexity index is 1600. The van der Waals surface area contributed by atoms with Crippen molar-refractivity contribution in [2.24, 2.45) is 0 Å². The van der Waals surface area contributed by atoms with Crippen LogP contribution in [0.5, 0.6) is 0 Å². The van der Waals surface area contributed by atoms with Crippen LogP contribution in [0.2, 0.25) is 0 Å². The molecule has 202 valence electrons. The monoisotopic (exact) mass is 529 g/mol. The number of rotatable bonds is 6. The van der Waals surface area contributed by atoms with Crippen molar-refractivity contribution in [1.82, 2.24) is 24.5 Å². The predicted molar refractivity (Wildman–Crippen MR) is 145 cm³/mol. The van der Waals surface area contributed by atoms with Crippen LogP contribution in [0.1, 0.15) is 45.6 Å². The molecule has 39 heavy (non-hydrogen) atoms. The van der Waals surface area contributed by atoms with Crippen LogP contribution in [0, 0.1) is 18.3 Å². The van der Waals surface area contributed by atoms with Gasteiger partial charge < -0.3 is 19.8 Å². The van der Waals surface area contributed by atoms with E-state index in [0.717, 1.165) is 16.9 Å². The van der Waals surface area contributed by atoms with Crippen LogP contribution in [0.3, 0.4) is 0 Å². The van der Waals surface area contributed by atoms with Crippen molar-refractivity contribution in [2.45, 2.75) is 64.2 Å². The van der Waals surface area contributed by atoms with Gasteiger partial charge >= 0.3 is 5.97 Å². The second-order valence-electron chi connectivity index (χ2n) is 10.8. The van der Waals surface area contributed by atoms with E-state index >= 15 is 0 Å². The fraction of sp³-hybridized carbons (Fsp3) is 0.393. The molecule has 4 heterocycles. The van der Waals surface area contributed by atoms with Crippen molar-refractivity contribution in [3.05, 3.63) is 64.8 Å². The van der Waals surface area contributed by atoms with Crippen molar-refractivity contribution in [2.75, 3.05) is 11.9 Å². The van der Waals surface area contributed by atoms with Gasteiger partial charge in [-0.25, -0.2) is 9.48 Å². The number of benzene rings is 1. The van der Waals surface area contributed by atoms with Crippen molar-refractivity contribution >= 4 is 28.4 Å². The van der Waals surface area contributed by atoms with Gasteiger partial charge in [-0.1, -0.05) is 0 Å². The van der Waals surface area contributed by atoms with E-state index in [4.69, 9.17) is 14.6 Å². The Morgan fingerprint density at radius 1 is 1.36 bits per heavy atom. The first kappa shape index (κ1) is 26.2. The van der Waals surface area contributed by atoms with E-state index in [9.17, 15) is 14.9 Å². The van der Waals surface area contributed by atoms with Crippen LogP contribution in [-0.4, -0.2) is 48.8 Å². The summed E-state index contributed by atoms with van der Waals surface area (Å²) in [4.78, 5) is 28.3. The van der Waals surface area contributed by atoms with Gasteiger partial charge in [0.05, 0.1) is 35.8 Å². The topological polar surface area (TPSA) is 140 Å². The molecular weight excluding hydrogens is 498 g/mol. The number of carbonyl (C=O) groups is 1. The molecule has 2 atom stereocenters. The van der Waals surface area contributed by atoms with E-state index in [1.807, 2.05) is 58.2 Å². The van der Waals surface area contributed by atoms with Crippen LogP contribution in [0.25, 0.3) is 16.6 Å². The van der Waals surface area contributed by atoms with Crippen molar-refractivity contribution in [1.29, 1.82) is 5.26 Å². The second kappa shape index (κ2) is 10.0. The fourth-order valence-corrected chi connectivity index (χ4v) is 4.96. The van der Waals surface area contributed by atoms with Crippen molar-refractivity contribution in [3.8, 4) is 11.8 Å². The maximum atomic E-state index is 13.0. The van der Waals surface area contributed by atoms with Gasteiger partial charge in [0.1, 0.15) is 11.0 Å². The number of ether oxygens (including phenoxy) is 2. The van der Waals surface area contributed by atoms with Crippen LogP contribution in [-0.2, 0) is 19.8 Å². The Morgan fingerprint density at radius 2 is 2.18 bits per heavy atom. The average Bonchev–Trinajstić information content (AvgIpc) is 3.53. The zero-order valence-electron chi connectivity index (χ0n) is 22.4. The summed E-state index contributed by atoms with van der Waals surface area (Å²) in [7, 11) is 0. The summed E-state index contributed by atoms with van der Waals surface area (Å²) < 4.78 is 15.0. The molecule has 1 aromatic carbocycles. The summed E-state index contributed by atoms with van der Waals surface area (Å²) in [5.74, 6) is -0.0595. The van der Waals surface area contributed by atoms with Crippen LogP contribution < -0.4 is 10.9 Å². The number of anilines is 2. The second-order valence-corrected chi connectivity index (χ2v) is 10.8. The summed E-state index contributed by atoms with van der Waals surface area (Å²) >= 11 is 0. The number of nitrogens with zero attached hydrogens (tertiary/aromatic N) is 5. The summed E-state index contributed by atoms with van der Waals surface area (Å²) in [6.45, 7) is 7.48. The van der Waals surface area contributed by atoms with Crippen molar-refractivity contribution in [3.63, 3.8) is 0 Å². The van der Waals surface area contributed by atoms with Gasteiger partial charge in [-0.2, -0.15) is 15.5 Å². The largest absolute Gasteiger partial charge is 0.458 e. The molecule has 11 nitrogen and oxygen atoms in total. The smallest absolute Gasteiger partial charge is 0.335 e. The molecule has 0 aliphatic carbocycles. The zero-order valence-corrected chi connectivity index (χ0v) is 22.4. The third-order valence-corrected chi connectivity index (χ3v) is 6.77. The quantitative estimate of drug-likeness (QED) is 0.356. The number of aryl methyl sites for hydroxylation is 1. The molecule has 11 heteroatoms. The molecular formula is C28H31N7O4. The van der Waals surface area contributed by atoms with E-state index in [2.05, 4.69) is 21.5 Å². The van der Waals surface area contributed by atoms with E-state index in [1.165, 1.54) is 0 Å². The van der Waals surface area contributed by atoms with Gasteiger partial charge in [0, 0.05) is 24.3 Å². The lowest BCUT2D eigenvalue weighted by Crippen LogP contribution is -2.47. The van der Waals surface area contributed by atoms with Gasteiger partial charge in [0.2, 0.25) is 0 Å². The molecule has 0 radical (unpaired) electrons. The van der Waals surface area contributed by atoms with E-state index in [1.54, 1.807) is 27.8 Å². The Labute approximate surface area is 225 Å². The first-order valence-corrected chi connectivity index (χ1v) is 12.8. The molecule has 4 aromatic rings. The maximum Gasteiger partial charge on any atom is 0.335 e. The minimum atomic E-state index is -0.862. The summed E-state index contributed by atoms with van der Waals surface area (Å²) in [6, 6.07) is 11.7. The lowest BCUT2D eigenvalue weighted by Gasteiger charge is -2.39. The molecule has 1 aliphatic heterocycles. The number of pyridine rings is 1. The van der Waals surface area contributed by atoms with E-state index in [-0.39, 0.29) is 18.6 Å². The van der Waals surface area contributed by atoms with Crippen molar-refractivity contribution < 1.29 is 14.3 Å². The van der Waals surface area contributed by atoms with Gasteiger partial charge in [-0.15, -0.1) is 0 Å². The zero-order chi connectivity index (χ0) is 27.8. The minimum Gasteiger partial charge on any atom is -0.458 e. The van der Waals surface area contributed by atoms with Gasteiger partial charge in [-0.3, -0.25) is 9.48 Å². The first-order chi connectivity index (χ1) is 18.6. The molecule has 0 bridgehead atoms. The molecule has 1 fully saturated rings.